The first-order valence-corrected chi connectivity index (χ1v) is 6.74. The highest BCUT2D eigenvalue weighted by molar-refractivity contribution is 5.30. The van der Waals surface area contributed by atoms with Crippen LogP contribution >= 0.6 is 0 Å². The van der Waals surface area contributed by atoms with Crippen LogP contribution in [0.1, 0.15) is 31.2 Å². The van der Waals surface area contributed by atoms with Crippen molar-refractivity contribution in [1.29, 1.82) is 0 Å². The monoisotopic (exact) mass is 249 g/mol. The van der Waals surface area contributed by atoms with Gasteiger partial charge in [-0.05, 0) is 36.5 Å². The average molecular weight is 249 g/mol. The van der Waals surface area contributed by atoms with E-state index in [9.17, 15) is 0 Å². The number of morpholine rings is 1. The Morgan fingerprint density at radius 2 is 2.39 bits per heavy atom. The Bertz CT molecular complexity index is 361. The molecule has 0 bridgehead atoms. The first-order valence-electron chi connectivity index (χ1n) is 6.74. The van der Waals surface area contributed by atoms with E-state index < -0.39 is 0 Å². The topological polar surface area (TPSA) is 30.5 Å². The second-order valence-electron chi connectivity index (χ2n) is 4.98. The Morgan fingerprint density at radius 3 is 3.11 bits per heavy atom. The van der Waals surface area contributed by atoms with Crippen LogP contribution in [0, 0.1) is 0 Å². The molecule has 1 unspecified atom stereocenters. The van der Waals surface area contributed by atoms with E-state index in [4.69, 9.17) is 9.47 Å². The molecule has 3 nitrogen and oxygen atoms in total. The van der Waals surface area contributed by atoms with Crippen molar-refractivity contribution in [1.82, 2.24) is 5.32 Å². The van der Waals surface area contributed by atoms with E-state index in [1.807, 2.05) is 6.07 Å². The molecule has 3 heteroatoms. The zero-order valence-corrected chi connectivity index (χ0v) is 11.3. The summed E-state index contributed by atoms with van der Waals surface area (Å²) in [5.74, 6) is 1.50. The molecule has 0 radical (unpaired) electrons. The highest BCUT2D eigenvalue weighted by atomic mass is 16.5. The standard InChI is InChI=1S/C15H23NO2/c1-12(6-7-14-11-18-9-8-16-14)13-4-3-5-15(10-13)17-2/h3-5,10,12,14,16H,6-9,11H2,1-2H3/t12-,14?/m0/s1. The van der Waals surface area contributed by atoms with Crippen molar-refractivity contribution < 1.29 is 9.47 Å². The van der Waals surface area contributed by atoms with E-state index in [-0.39, 0.29) is 0 Å². The molecule has 0 amide bonds. The summed E-state index contributed by atoms with van der Waals surface area (Å²) in [5, 5.41) is 3.50. The summed E-state index contributed by atoms with van der Waals surface area (Å²) in [5.41, 5.74) is 1.35. The molecule has 100 valence electrons. The Hall–Kier alpha value is -1.06. The maximum Gasteiger partial charge on any atom is 0.119 e. The van der Waals surface area contributed by atoms with Gasteiger partial charge in [0, 0.05) is 12.6 Å². The summed E-state index contributed by atoms with van der Waals surface area (Å²) in [6.45, 7) is 4.96. The van der Waals surface area contributed by atoms with Crippen molar-refractivity contribution in [2.45, 2.75) is 31.7 Å². The predicted molar refractivity (Wildman–Crippen MR) is 73.3 cm³/mol. The van der Waals surface area contributed by atoms with Crippen LogP contribution in [-0.4, -0.2) is 32.9 Å². The third kappa shape index (κ3) is 3.72. The summed E-state index contributed by atoms with van der Waals surface area (Å²) in [6, 6.07) is 8.89. The van der Waals surface area contributed by atoms with Gasteiger partial charge in [-0.1, -0.05) is 19.1 Å². The number of rotatable bonds is 5. The molecule has 0 aliphatic carbocycles. The quantitative estimate of drug-likeness (QED) is 0.870. The van der Waals surface area contributed by atoms with Gasteiger partial charge in [0.05, 0.1) is 20.3 Å². The first kappa shape index (κ1) is 13.4. The van der Waals surface area contributed by atoms with Gasteiger partial charge < -0.3 is 14.8 Å². The molecular formula is C15H23NO2. The van der Waals surface area contributed by atoms with E-state index in [0.29, 0.717) is 12.0 Å². The Balaban J connectivity index is 1.84. The Labute approximate surface area is 109 Å². The molecule has 2 rings (SSSR count). The molecule has 1 aliphatic rings. The van der Waals surface area contributed by atoms with Crippen LogP contribution < -0.4 is 10.1 Å². The molecule has 18 heavy (non-hydrogen) atoms. The maximum atomic E-state index is 5.47. The van der Waals surface area contributed by atoms with E-state index in [2.05, 4.69) is 30.4 Å². The SMILES string of the molecule is COc1cccc([C@@H](C)CCC2COCCN2)c1. The van der Waals surface area contributed by atoms with E-state index in [1.165, 1.54) is 18.4 Å². The van der Waals surface area contributed by atoms with Gasteiger partial charge in [-0.25, -0.2) is 0 Å². The average Bonchev–Trinajstić information content (AvgIpc) is 2.46. The minimum Gasteiger partial charge on any atom is -0.497 e. The molecule has 1 heterocycles. The van der Waals surface area contributed by atoms with Gasteiger partial charge in [-0.3, -0.25) is 0 Å². The first-order chi connectivity index (χ1) is 8.79. The second-order valence-corrected chi connectivity index (χ2v) is 4.98. The molecule has 2 atom stereocenters. The number of ether oxygens (including phenoxy) is 2. The van der Waals surface area contributed by atoms with Crippen LogP contribution in [0.25, 0.3) is 0 Å². The molecule has 1 aromatic rings. The number of benzene rings is 1. The van der Waals surface area contributed by atoms with Gasteiger partial charge in [0.2, 0.25) is 0 Å². The number of hydrogen-bond acceptors (Lipinski definition) is 3. The van der Waals surface area contributed by atoms with Crippen LogP contribution in [0.2, 0.25) is 0 Å². The van der Waals surface area contributed by atoms with E-state index in [1.54, 1.807) is 7.11 Å². The lowest BCUT2D eigenvalue weighted by molar-refractivity contribution is 0.0731. The molecule has 0 spiro atoms. The smallest absolute Gasteiger partial charge is 0.119 e. The minimum atomic E-state index is 0.520. The maximum absolute atomic E-state index is 5.47. The third-order valence-corrected chi connectivity index (χ3v) is 3.61. The molecule has 1 fully saturated rings. The molecule has 0 aromatic heterocycles. The van der Waals surface area contributed by atoms with Crippen LogP contribution in [-0.2, 0) is 4.74 Å². The third-order valence-electron chi connectivity index (χ3n) is 3.61. The predicted octanol–water partition coefficient (Wildman–Crippen LogP) is 2.57. The molecular weight excluding hydrogens is 226 g/mol. The molecule has 1 aliphatic heterocycles. The summed E-state index contributed by atoms with van der Waals surface area (Å²) in [4.78, 5) is 0. The highest BCUT2D eigenvalue weighted by Gasteiger charge is 2.15. The van der Waals surface area contributed by atoms with Gasteiger partial charge in [-0.2, -0.15) is 0 Å². The molecule has 0 saturated carbocycles. The molecule has 1 N–H and O–H groups in total. The van der Waals surface area contributed by atoms with Crippen molar-refractivity contribution >= 4 is 0 Å². The fourth-order valence-electron chi connectivity index (χ4n) is 2.37. The van der Waals surface area contributed by atoms with Crippen molar-refractivity contribution in [3.05, 3.63) is 29.8 Å². The van der Waals surface area contributed by atoms with Crippen LogP contribution in [0.4, 0.5) is 0 Å². The Kier molecular flexibility index (Phi) is 5.02. The number of nitrogens with one attached hydrogen (secondary N) is 1. The lowest BCUT2D eigenvalue weighted by atomic mass is 9.94. The van der Waals surface area contributed by atoms with Crippen molar-refractivity contribution in [2.75, 3.05) is 26.9 Å². The largest absolute Gasteiger partial charge is 0.497 e. The van der Waals surface area contributed by atoms with Crippen LogP contribution in [0.3, 0.4) is 0 Å². The van der Waals surface area contributed by atoms with Crippen LogP contribution in [0.5, 0.6) is 5.75 Å². The van der Waals surface area contributed by atoms with Gasteiger partial charge in [0.1, 0.15) is 5.75 Å². The van der Waals surface area contributed by atoms with Crippen molar-refractivity contribution in [3.8, 4) is 5.75 Å². The van der Waals surface area contributed by atoms with Gasteiger partial charge in [0.25, 0.3) is 0 Å². The van der Waals surface area contributed by atoms with E-state index in [0.717, 1.165) is 25.5 Å². The van der Waals surface area contributed by atoms with Gasteiger partial charge in [0.15, 0.2) is 0 Å². The lowest BCUT2D eigenvalue weighted by Gasteiger charge is -2.25. The molecule has 1 saturated heterocycles. The van der Waals surface area contributed by atoms with Crippen LogP contribution in [0.15, 0.2) is 24.3 Å². The highest BCUT2D eigenvalue weighted by Crippen LogP contribution is 2.25. The number of methoxy groups -OCH3 is 1. The zero-order valence-electron chi connectivity index (χ0n) is 11.3. The Morgan fingerprint density at radius 1 is 1.50 bits per heavy atom. The summed E-state index contributed by atoms with van der Waals surface area (Å²) in [6.07, 6.45) is 2.34. The van der Waals surface area contributed by atoms with Crippen molar-refractivity contribution in [3.63, 3.8) is 0 Å². The molecule has 1 aromatic carbocycles. The normalized spacial score (nSPS) is 21.6. The van der Waals surface area contributed by atoms with Gasteiger partial charge in [-0.15, -0.1) is 0 Å². The summed E-state index contributed by atoms with van der Waals surface area (Å²) in [7, 11) is 1.72. The fourth-order valence-corrected chi connectivity index (χ4v) is 2.37. The second kappa shape index (κ2) is 6.76. The van der Waals surface area contributed by atoms with E-state index >= 15 is 0 Å². The lowest BCUT2D eigenvalue weighted by Crippen LogP contribution is -2.41. The van der Waals surface area contributed by atoms with Gasteiger partial charge >= 0.3 is 0 Å². The number of hydrogen-bond donors (Lipinski definition) is 1. The fraction of sp³-hybridized carbons (Fsp3) is 0.600. The minimum absolute atomic E-state index is 0.520. The summed E-state index contributed by atoms with van der Waals surface area (Å²) >= 11 is 0. The zero-order chi connectivity index (χ0) is 12.8. The van der Waals surface area contributed by atoms with Crippen molar-refractivity contribution in [2.24, 2.45) is 0 Å². The summed E-state index contributed by atoms with van der Waals surface area (Å²) < 4.78 is 10.7.